The van der Waals surface area contributed by atoms with Crippen molar-refractivity contribution in [1.29, 1.82) is 0 Å². The average Bonchev–Trinajstić information content (AvgIpc) is 2.56. The highest BCUT2D eigenvalue weighted by Crippen LogP contribution is 2.23. The number of hydrogen-bond donors (Lipinski definition) is 1. The van der Waals surface area contributed by atoms with Gasteiger partial charge in [0.2, 0.25) is 0 Å². The van der Waals surface area contributed by atoms with Gasteiger partial charge in [-0.05, 0) is 19.3 Å². The summed E-state index contributed by atoms with van der Waals surface area (Å²) in [6, 6.07) is -0.709. The van der Waals surface area contributed by atoms with Crippen LogP contribution in [0.1, 0.15) is 30.9 Å². The van der Waals surface area contributed by atoms with Gasteiger partial charge in [0.15, 0.2) is 0 Å². The normalized spacial score (nSPS) is 18.3. The molecule has 0 amide bonds. The van der Waals surface area contributed by atoms with E-state index in [1.807, 2.05) is 0 Å². The Kier molecular flexibility index (Phi) is 2.73. The van der Waals surface area contributed by atoms with E-state index in [-0.39, 0.29) is 12.1 Å². The third-order valence-corrected chi connectivity index (χ3v) is 2.67. The molecule has 5 heteroatoms. The van der Waals surface area contributed by atoms with E-state index < -0.39 is 6.04 Å². The van der Waals surface area contributed by atoms with Crippen molar-refractivity contribution in [2.45, 2.75) is 31.4 Å². The van der Waals surface area contributed by atoms with E-state index in [4.69, 9.17) is 10.5 Å². The lowest BCUT2D eigenvalue weighted by Gasteiger charge is -2.26. The van der Waals surface area contributed by atoms with Gasteiger partial charge >= 0.3 is 5.97 Å². The summed E-state index contributed by atoms with van der Waals surface area (Å²) in [5, 5.41) is 3.96. The molecule has 82 valence electrons. The summed E-state index contributed by atoms with van der Waals surface area (Å²) < 4.78 is 6.83. The van der Waals surface area contributed by atoms with Crippen LogP contribution >= 0.6 is 0 Å². The lowest BCUT2D eigenvalue weighted by atomic mass is 9.96. The second-order valence-corrected chi connectivity index (χ2v) is 3.91. The summed E-state index contributed by atoms with van der Waals surface area (Å²) in [5.74, 6) is -0.354. The first kappa shape index (κ1) is 10.2. The molecule has 0 aliphatic heterocycles. The lowest BCUT2D eigenvalue weighted by molar-refractivity contribution is -0.154. The first-order valence-electron chi connectivity index (χ1n) is 5.11. The summed E-state index contributed by atoms with van der Waals surface area (Å²) in [6.45, 7) is 0. The molecule has 1 aliphatic carbocycles. The molecule has 1 aliphatic rings. The summed E-state index contributed by atoms with van der Waals surface area (Å²) in [4.78, 5) is 11.6. The highest BCUT2D eigenvalue weighted by Gasteiger charge is 2.26. The van der Waals surface area contributed by atoms with Crippen LogP contribution in [0.5, 0.6) is 0 Å². The molecular weight excluding hydrogens is 194 g/mol. The molecule has 0 aromatic carbocycles. The Morgan fingerprint density at radius 2 is 2.47 bits per heavy atom. The zero-order chi connectivity index (χ0) is 10.8. The Hall–Kier alpha value is -1.36. The van der Waals surface area contributed by atoms with Crippen molar-refractivity contribution in [3.63, 3.8) is 0 Å². The van der Waals surface area contributed by atoms with Crippen molar-refractivity contribution < 1.29 is 9.53 Å². The molecule has 0 bridgehead atoms. The number of aromatic nitrogens is 2. The average molecular weight is 209 g/mol. The molecule has 1 saturated carbocycles. The van der Waals surface area contributed by atoms with Crippen LogP contribution in [0, 0.1) is 0 Å². The van der Waals surface area contributed by atoms with Gasteiger partial charge in [-0.15, -0.1) is 0 Å². The molecule has 2 rings (SSSR count). The molecule has 1 aromatic heterocycles. The van der Waals surface area contributed by atoms with Crippen LogP contribution in [0.25, 0.3) is 0 Å². The van der Waals surface area contributed by atoms with Crippen molar-refractivity contribution >= 4 is 5.97 Å². The minimum absolute atomic E-state index is 0.0835. The standard InChI is InChI=1S/C10H15N3O2/c1-13-6-7(5-12-13)9(11)10(14)15-8-3-2-4-8/h5-6,8-9H,2-4,11H2,1H3. The summed E-state index contributed by atoms with van der Waals surface area (Å²) in [5.41, 5.74) is 6.45. The fourth-order valence-corrected chi connectivity index (χ4v) is 1.46. The Balaban J connectivity index is 1.94. The molecule has 1 atom stereocenters. The lowest BCUT2D eigenvalue weighted by Crippen LogP contribution is -2.31. The molecule has 0 saturated heterocycles. The quantitative estimate of drug-likeness (QED) is 0.736. The van der Waals surface area contributed by atoms with Crippen molar-refractivity contribution in [3.8, 4) is 0 Å². The molecule has 1 fully saturated rings. The Morgan fingerprint density at radius 3 is 2.93 bits per heavy atom. The van der Waals surface area contributed by atoms with Crippen LogP contribution in [-0.2, 0) is 16.6 Å². The topological polar surface area (TPSA) is 70.1 Å². The molecule has 1 aromatic rings. The SMILES string of the molecule is Cn1cc(C(N)C(=O)OC2CCC2)cn1. The van der Waals surface area contributed by atoms with Crippen LogP contribution in [-0.4, -0.2) is 21.9 Å². The van der Waals surface area contributed by atoms with E-state index in [9.17, 15) is 4.79 Å². The molecule has 5 nitrogen and oxygen atoms in total. The monoisotopic (exact) mass is 209 g/mol. The maximum atomic E-state index is 11.6. The molecule has 2 N–H and O–H groups in total. The fourth-order valence-electron chi connectivity index (χ4n) is 1.46. The van der Waals surface area contributed by atoms with Crippen molar-refractivity contribution in [1.82, 2.24) is 9.78 Å². The molecule has 0 radical (unpaired) electrons. The summed E-state index contributed by atoms with van der Waals surface area (Å²) in [7, 11) is 1.79. The highest BCUT2D eigenvalue weighted by atomic mass is 16.5. The number of carbonyl (C=O) groups excluding carboxylic acids is 1. The van der Waals surface area contributed by atoms with E-state index >= 15 is 0 Å². The summed E-state index contributed by atoms with van der Waals surface area (Å²) >= 11 is 0. The highest BCUT2D eigenvalue weighted by molar-refractivity contribution is 5.77. The fraction of sp³-hybridized carbons (Fsp3) is 0.600. The van der Waals surface area contributed by atoms with E-state index in [1.54, 1.807) is 24.1 Å². The molecular formula is C10H15N3O2. The number of esters is 1. The second-order valence-electron chi connectivity index (χ2n) is 3.91. The number of nitrogens with zero attached hydrogens (tertiary/aromatic N) is 2. The smallest absolute Gasteiger partial charge is 0.327 e. The zero-order valence-corrected chi connectivity index (χ0v) is 8.72. The molecule has 1 heterocycles. The van der Waals surface area contributed by atoms with E-state index in [2.05, 4.69) is 5.10 Å². The van der Waals surface area contributed by atoms with Gasteiger partial charge in [0.25, 0.3) is 0 Å². The van der Waals surface area contributed by atoms with Gasteiger partial charge in [-0.1, -0.05) is 0 Å². The first-order valence-corrected chi connectivity index (χ1v) is 5.11. The Morgan fingerprint density at radius 1 is 1.73 bits per heavy atom. The number of aryl methyl sites for hydroxylation is 1. The largest absolute Gasteiger partial charge is 0.461 e. The number of carbonyl (C=O) groups is 1. The molecule has 15 heavy (non-hydrogen) atoms. The minimum atomic E-state index is -0.709. The Labute approximate surface area is 88.2 Å². The van der Waals surface area contributed by atoms with Crippen LogP contribution in [0.2, 0.25) is 0 Å². The van der Waals surface area contributed by atoms with E-state index in [1.165, 1.54) is 0 Å². The number of hydrogen-bond acceptors (Lipinski definition) is 4. The number of nitrogens with two attached hydrogens (primary N) is 1. The number of rotatable bonds is 3. The van der Waals surface area contributed by atoms with E-state index in [0.717, 1.165) is 19.3 Å². The van der Waals surface area contributed by atoms with Crippen LogP contribution < -0.4 is 5.73 Å². The van der Waals surface area contributed by atoms with Gasteiger partial charge in [0.05, 0.1) is 6.20 Å². The first-order chi connectivity index (χ1) is 7.16. The third-order valence-electron chi connectivity index (χ3n) is 2.67. The van der Waals surface area contributed by atoms with Gasteiger partial charge in [0, 0.05) is 18.8 Å². The molecule has 1 unspecified atom stereocenters. The van der Waals surface area contributed by atoms with Gasteiger partial charge < -0.3 is 10.5 Å². The minimum Gasteiger partial charge on any atom is -0.461 e. The van der Waals surface area contributed by atoms with Crippen molar-refractivity contribution in [3.05, 3.63) is 18.0 Å². The number of ether oxygens (including phenoxy) is 1. The zero-order valence-electron chi connectivity index (χ0n) is 8.72. The van der Waals surface area contributed by atoms with Crippen LogP contribution in [0.4, 0.5) is 0 Å². The summed E-state index contributed by atoms with van der Waals surface area (Å²) in [6.07, 6.45) is 6.47. The molecule has 0 spiro atoms. The van der Waals surface area contributed by atoms with Crippen molar-refractivity contribution in [2.75, 3.05) is 0 Å². The predicted octanol–water partition coefficient (Wildman–Crippen LogP) is 0.516. The third kappa shape index (κ3) is 2.18. The van der Waals surface area contributed by atoms with Gasteiger partial charge in [-0.2, -0.15) is 5.10 Å². The van der Waals surface area contributed by atoms with Gasteiger partial charge in [0.1, 0.15) is 12.1 Å². The van der Waals surface area contributed by atoms with Crippen molar-refractivity contribution in [2.24, 2.45) is 12.8 Å². The maximum Gasteiger partial charge on any atom is 0.327 e. The van der Waals surface area contributed by atoms with Gasteiger partial charge in [-0.25, -0.2) is 4.79 Å². The second kappa shape index (κ2) is 4.02. The maximum absolute atomic E-state index is 11.6. The Bertz CT molecular complexity index is 357. The van der Waals surface area contributed by atoms with Crippen LogP contribution in [0.15, 0.2) is 12.4 Å². The van der Waals surface area contributed by atoms with Crippen LogP contribution in [0.3, 0.4) is 0 Å². The van der Waals surface area contributed by atoms with E-state index in [0.29, 0.717) is 5.56 Å². The predicted molar refractivity (Wildman–Crippen MR) is 53.9 cm³/mol. The van der Waals surface area contributed by atoms with Gasteiger partial charge in [-0.3, -0.25) is 4.68 Å².